The fourth-order valence-electron chi connectivity index (χ4n) is 4.17. The van der Waals surface area contributed by atoms with E-state index in [9.17, 15) is 9.59 Å². The molecule has 0 amide bonds. The summed E-state index contributed by atoms with van der Waals surface area (Å²) in [5, 5.41) is 3.25. The number of nitrogens with one attached hydrogen (secondary N) is 1. The third-order valence-corrected chi connectivity index (χ3v) is 6.06. The number of hydrogen-bond donors (Lipinski definition) is 1. The van der Waals surface area contributed by atoms with Crippen molar-refractivity contribution in [3.63, 3.8) is 0 Å². The number of rotatable bonds is 12. The molecule has 0 spiro atoms. The van der Waals surface area contributed by atoms with Crippen LogP contribution in [0.2, 0.25) is 0 Å². The lowest BCUT2D eigenvalue weighted by atomic mass is 9.97. The monoisotopic (exact) mass is 487 g/mol. The van der Waals surface area contributed by atoms with E-state index >= 15 is 0 Å². The molecule has 3 aromatic rings. The van der Waals surface area contributed by atoms with E-state index in [0.717, 1.165) is 17.5 Å². The van der Waals surface area contributed by atoms with Gasteiger partial charge in [0.25, 0.3) is 0 Å². The van der Waals surface area contributed by atoms with Crippen LogP contribution in [0.25, 0.3) is 0 Å². The van der Waals surface area contributed by atoms with Crippen molar-refractivity contribution in [2.24, 2.45) is 5.92 Å². The Balaban J connectivity index is 1.71. The van der Waals surface area contributed by atoms with E-state index in [1.807, 2.05) is 56.3 Å². The number of esters is 2. The zero-order valence-corrected chi connectivity index (χ0v) is 21.7. The molecule has 1 N–H and O–H groups in total. The lowest BCUT2D eigenvalue weighted by Gasteiger charge is -2.24. The number of aryl methyl sites for hydroxylation is 1. The fourth-order valence-corrected chi connectivity index (χ4v) is 4.17. The zero-order valence-electron chi connectivity index (χ0n) is 21.7. The maximum Gasteiger partial charge on any atom is 0.323 e. The number of ether oxygens (including phenoxy) is 2. The average molecular weight is 488 g/mol. The SMILES string of the molecule is COC(=O)C(Cc1cccc(Cc2ccc(C)cc2)c1)NC(CC(C)C)C(=O)OCc1ccccc1. The van der Waals surface area contributed by atoms with Crippen molar-refractivity contribution in [2.75, 3.05) is 7.11 Å². The highest BCUT2D eigenvalue weighted by atomic mass is 16.5. The Bertz CT molecular complexity index is 1110. The minimum absolute atomic E-state index is 0.194. The first-order chi connectivity index (χ1) is 17.3. The first-order valence-corrected chi connectivity index (χ1v) is 12.5. The molecule has 0 fully saturated rings. The normalized spacial score (nSPS) is 12.7. The first-order valence-electron chi connectivity index (χ1n) is 12.5. The van der Waals surface area contributed by atoms with Crippen LogP contribution >= 0.6 is 0 Å². The molecular weight excluding hydrogens is 450 g/mol. The van der Waals surface area contributed by atoms with Gasteiger partial charge in [-0.25, -0.2) is 0 Å². The van der Waals surface area contributed by atoms with Gasteiger partial charge in [-0.2, -0.15) is 0 Å². The number of benzene rings is 3. The Morgan fingerprint density at radius 3 is 2.11 bits per heavy atom. The predicted octanol–water partition coefficient (Wildman–Crippen LogP) is 5.42. The maximum absolute atomic E-state index is 13.0. The highest BCUT2D eigenvalue weighted by Gasteiger charge is 2.29. The summed E-state index contributed by atoms with van der Waals surface area (Å²) in [6.45, 7) is 6.36. The minimum atomic E-state index is -0.669. The van der Waals surface area contributed by atoms with E-state index in [1.165, 1.54) is 23.8 Å². The summed E-state index contributed by atoms with van der Waals surface area (Å²) in [5.74, 6) is -0.527. The van der Waals surface area contributed by atoms with Crippen molar-refractivity contribution in [3.8, 4) is 0 Å². The molecule has 2 atom stereocenters. The summed E-state index contributed by atoms with van der Waals surface area (Å²) in [4.78, 5) is 25.7. The van der Waals surface area contributed by atoms with Gasteiger partial charge in [0.05, 0.1) is 7.11 Å². The van der Waals surface area contributed by atoms with E-state index in [0.29, 0.717) is 12.8 Å². The molecule has 2 unspecified atom stereocenters. The van der Waals surface area contributed by atoms with Crippen molar-refractivity contribution in [1.29, 1.82) is 0 Å². The van der Waals surface area contributed by atoms with Gasteiger partial charge in [0, 0.05) is 0 Å². The smallest absolute Gasteiger partial charge is 0.323 e. The van der Waals surface area contributed by atoms with Crippen LogP contribution in [0.1, 0.15) is 48.1 Å². The van der Waals surface area contributed by atoms with Gasteiger partial charge < -0.3 is 9.47 Å². The number of carbonyl (C=O) groups excluding carboxylic acids is 2. The molecule has 0 saturated heterocycles. The number of carbonyl (C=O) groups is 2. The largest absolute Gasteiger partial charge is 0.468 e. The lowest BCUT2D eigenvalue weighted by Crippen LogP contribution is -2.49. The Labute approximate surface area is 214 Å². The Hall–Kier alpha value is -3.44. The van der Waals surface area contributed by atoms with Gasteiger partial charge in [-0.3, -0.25) is 14.9 Å². The van der Waals surface area contributed by atoms with Gasteiger partial charge in [-0.05, 0) is 54.4 Å². The van der Waals surface area contributed by atoms with Gasteiger partial charge in [-0.1, -0.05) is 98.3 Å². The zero-order chi connectivity index (χ0) is 25.9. The first kappa shape index (κ1) is 27.2. The standard InChI is InChI=1S/C31H37NO4/c1-22(2)17-28(31(34)36-21-25-9-6-5-7-10-25)32-29(30(33)35-4)20-27-12-8-11-26(19-27)18-24-15-13-23(3)14-16-24/h5-16,19,22,28-29,32H,17-18,20-21H2,1-4H3. The summed E-state index contributed by atoms with van der Waals surface area (Å²) < 4.78 is 10.7. The van der Waals surface area contributed by atoms with E-state index in [4.69, 9.17) is 9.47 Å². The topological polar surface area (TPSA) is 64.6 Å². The van der Waals surface area contributed by atoms with Crippen LogP contribution in [0.5, 0.6) is 0 Å². The van der Waals surface area contributed by atoms with Gasteiger partial charge in [0.15, 0.2) is 0 Å². The second-order valence-electron chi connectivity index (χ2n) is 9.70. The second kappa shape index (κ2) is 13.6. The molecule has 5 nitrogen and oxygen atoms in total. The van der Waals surface area contributed by atoms with Crippen molar-refractivity contribution in [2.45, 2.75) is 58.7 Å². The predicted molar refractivity (Wildman–Crippen MR) is 143 cm³/mol. The van der Waals surface area contributed by atoms with E-state index in [2.05, 4.69) is 48.6 Å². The lowest BCUT2D eigenvalue weighted by molar-refractivity contribution is -0.149. The molecule has 0 bridgehead atoms. The highest BCUT2D eigenvalue weighted by Crippen LogP contribution is 2.16. The molecule has 5 heteroatoms. The van der Waals surface area contributed by atoms with Gasteiger partial charge in [0.1, 0.15) is 18.7 Å². The minimum Gasteiger partial charge on any atom is -0.468 e. The molecule has 190 valence electrons. The third-order valence-electron chi connectivity index (χ3n) is 6.06. The second-order valence-corrected chi connectivity index (χ2v) is 9.70. The van der Waals surface area contributed by atoms with Crippen molar-refractivity contribution >= 4 is 11.9 Å². The van der Waals surface area contributed by atoms with E-state index in [-0.39, 0.29) is 18.5 Å². The molecule has 3 rings (SSSR count). The molecule has 0 radical (unpaired) electrons. The molecule has 0 aromatic heterocycles. The summed E-state index contributed by atoms with van der Waals surface area (Å²) in [6, 6.07) is 25.0. The van der Waals surface area contributed by atoms with Crippen LogP contribution in [-0.4, -0.2) is 31.1 Å². The Kier molecular flexibility index (Phi) is 10.3. The molecule has 0 heterocycles. The molecular formula is C31H37NO4. The van der Waals surface area contributed by atoms with Crippen LogP contribution in [0.15, 0.2) is 78.9 Å². The molecule has 0 aliphatic rings. The number of hydrogen-bond acceptors (Lipinski definition) is 5. The summed E-state index contributed by atoms with van der Waals surface area (Å²) in [5.41, 5.74) is 5.56. The van der Waals surface area contributed by atoms with Gasteiger partial charge in [0.2, 0.25) is 0 Å². The third kappa shape index (κ3) is 8.65. The quantitative estimate of drug-likeness (QED) is 0.346. The van der Waals surface area contributed by atoms with Crippen LogP contribution in [-0.2, 0) is 38.5 Å². The van der Waals surface area contributed by atoms with Crippen LogP contribution in [0.4, 0.5) is 0 Å². The molecule has 0 aliphatic carbocycles. The highest BCUT2D eigenvalue weighted by molar-refractivity contribution is 5.80. The average Bonchev–Trinajstić information content (AvgIpc) is 2.88. The van der Waals surface area contributed by atoms with E-state index < -0.39 is 18.1 Å². The van der Waals surface area contributed by atoms with Crippen molar-refractivity contribution in [3.05, 3.63) is 107 Å². The van der Waals surface area contributed by atoms with Gasteiger partial charge in [-0.15, -0.1) is 0 Å². The summed E-state index contributed by atoms with van der Waals surface area (Å²) in [6.07, 6.45) is 1.77. The van der Waals surface area contributed by atoms with Gasteiger partial charge >= 0.3 is 11.9 Å². The molecule has 3 aromatic carbocycles. The number of methoxy groups -OCH3 is 1. The summed E-state index contributed by atoms with van der Waals surface area (Å²) >= 11 is 0. The van der Waals surface area contributed by atoms with Crippen LogP contribution < -0.4 is 5.32 Å². The Morgan fingerprint density at radius 1 is 0.778 bits per heavy atom. The fraction of sp³-hybridized carbons (Fsp3) is 0.355. The maximum atomic E-state index is 13.0. The Morgan fingerprint density at radius 2 is 1.44 bits per heavy atom. The van der Waals surface area contributed by atoms with Crippen molar-refractivity contribution in [1.82, 2.24) is 5.32 Å². The van der Waals surface area contributed by atoms with Crippen molar-refractivity contribution < 1.29 is 19.1 Å². The van der Waals surface area contributed by atoms with Crippen LogP contribution in [0.3, 0.4) is 0 Å². The van der Waals surface area contributed by atoms with Crippen LogP contribution in [0, 0.1) is 12.8 Å². The van der Waals surface area contributed by atoms with E-state index in [1.54, 1.807) is 0 Å². The molecule has 0 saturated carbocycles. The molecule has 0 aliphatic heterocycles. The summed E-state index contributed by atoms with van der Waals surface area (Å²) in [7, 11) is 1.37. The molecule has 36 heavy (non-hydrogen) atoms.